The van der Waals surface area contributed by atoms with Gasteiger partial charge in [0.25, 0.3) is 0 Å². The van der Waals surface area contributed by atoms with Gasteiger partial charge in [0.1, 0.15) is 0 Å². The van der Waals surface area contributed by atoms with E-state index in [-0.39, 0.29) is 18.3 Å². The van der Waals surface area contributed by atoms with Gasteiger partial charge in [-0.05, 0) is 25.7 Å². The predicted molar refractivity (Wildman–Crippen MR) is 86.3 cm³/mol. The quantitative estimate of drug-likeness (QED) is 0.440. The average molecular weight is 310 g/mol. The summed E-state index contributed by atoms with van der Waals surface area (Å²) in [6.45, 7) is 4.84. The molecule has 1 aromatic rings. The topological polar surface area (TPSA) is 60.8 Å². The molecular weight excluding hydrogens is 288 g/mol. The van der Waals surface area contributed by atoms with Crippen molar-refractivity contribution in [2.24, 2.45) is 4.99 Å². The van der Waals surface area contributed by atoms with Gasteiger partial charge < -0.3 is 9.47 Å². The first-order valence-corrected chi connectivity index (χ1v) is 8.12. The number of thioether (sulfide) groups is 1. The van der Waals surface area contributed by atoms with E-state index >= 15 is 0 Å². The van der Waals surface area contributed by atoms with Crippen LogP contribution >= 0.6 is 11.8 Å². The summed E-state index contributed by atoms with van der Waals surface area (Å²) in [6.07, 6.45) is 3.95. The number of rotatable bonds is 7. The van der Waals surface area contributed by atoms with Crippen molar-refractivity contribution >= 4 is 22.8 Å². The lowest BCUT2D eigenvalue weighted by atomic mass is 9.98. The van der Waals surface area contributed by atoms with Gasteiger partial charge in [-0.2, -0.15) is 0 Å². The van der Waals surface area contributed by atoms with Crippen LogP contribution in [0.5, 0.6) is 5.88 Å². The van der Waals surface area contributed by atoms with Crippen LogP contribution in [-0.2, 0) is 9.53 Å². The van der Waals surface area contributed by atoms with E-state index in [4.69, 9.17) is 9.47 Å². The van der Waals surface area contributed by atoms with Gasteiger partial charge in [0.05, 0.1) is 25.2 Å². The van der Waals surface area contributed by atoms with Crippen LogP contribution in [0.15, 0.2) is 23.3 Å². The third-order valence-electron chi connectivity index (χ3n) is 2.87. The summed E-state index contributed by atoms with van der Waals surface area (Å²) in [5, 5.41) is 0.914. The largest absolute Gasteiger partial charge is 0.481 e. The Labute approximate surface area is 130 Å². The molecule has 1 atom stereocenters. The van der Waals surface area contributed by atoms with Gasteiger partial charge in [0.15, 0.2) is 0 Å². The summed E-state index contributed by atoms with van der Waals surface area (Å²) in [6, 6.07) is 3.70. The van der Waals surface area contributed by atoms with Crippen LogP contribution in [-0.4, -0.2) is 42.5 Å². The number of hydrogen-bond acceptors (Lipinski definition) is 6. The number of ether oxygens (including phenoxy) is 2. The SMILES string of the molecule is CC/N=C(\SC)C(CC(=O)OCC)c1ccc(OC)nc1. The molecule has 0 fully saturated rings. The fourth-order valence-corrected chi connectivity index (χ4v) is 2.69. The van der Waals surface area contributed by atoms with Crippen LogP contribution in [0, 0.1) is 0 Å². The fraction of sp³-hybridized carbons (Fsp3) is 0.533. The number of methoxy groups -OCH3 is 1. The Hall–Kier alpha value is -1.56. The summed E-state index contributed by atoms with van der Waals surface area (Å²) in [4.78, 5) is 20.5. The second-order valence-corrected chi connectivity index (χ2v) is 5.04. The molecule has 0 N–H and O–H groups in total. The summed E-state index contributed by atoms with van der Waals surface area (Å²) in [5.41, 5.74) is 0.936. The van der Waals surface area contributed by atoms with Crippen LogP contribution in [0.3, 0.4) is 0 Å². The highest BCUT2D eigenvalue weighted by Gasteiger charge is 2.22. The zero-order valence-electron chi connectivity index (χ0n) is 13.0. The molecule has 0 saturated carbocycles. The summed E-state index contributed by atoms with van der Waals surface area (Å²) in [5.74, 6) is 0.195. The molecule has 0 aliphatic rings. The number of carbonyl (C=O) groups is 1. The summed E-state index contributed by atoms with van der Waals surface area (Å²) >= 11 is 1.55. The lowest BCUT2D eigenvalue weighted by molar-refractivity contribution is -0.143. The second kappa shape index (κ2) is 9.39. The van der Waals surface area contributed by atoms with Crippen molar-refractivity contribution in [3.63, 3.8) is 0 Å². The van der Waals surface area contributed by atoms with Gasteiger partial charge in [0, 0.05) is 24.7 Å². The van der Waals surface area contributed by atoms with E-state index in [1.54, 1.807) is 38.1 Å². The Morgan fingerprint density at radius 3 is 2.67 bits per heavy atom. The van der Waals surface area contributed by atoms with Crippen molar-refractivity contribution < 1.29 is 14.3 Å². The molecule has 5 nitrogen and oxygen atoms in total. The monoisotopic (exact) mass is 310 g/mol. The number of aromatic nitrogens is 1. The van der Waals surface area contributed by atoms with E-state index < -0.39 is 0 Å². The van der Waals surface area contributed by atoms with Gasteiger partial charge in [-0.25, -0.2) is 4.98 Å². The molecule has 21 heavy (non-hydrogen) atoms. The molecule has 1 unspecified atom stereocenters. The molecule has 1 aromatic heterocycles. The molecule has 0 bridgehead atoms. The highest BCUT2D eigenvalue weighted by molar-refractivity contribution is 8.13. The first-order chi connectivity index (χ1) is 10.2. The van der Waals surface area contributed by atoms with Crippen LogP contribution in [0.4, 0.5) is 0 Å². The van der Waals surface area contributed by atoms with Crippen LogP contribution in [0.1, 0.15) is 31.7 Å². The number of esters is 1. The van der Waals surface area contributed by atoms with Gasteiger partial charge in [-0.3, -0.25) is 9.79 Å². The molecule has 0 saturated heterocycles. The van der Waals surface area contributed by atoms with Crippen LogP contribution < -0.4 is 4.74 Å². The van der Waals surface area contributed by atoms with Crippen LogP contribution in [0.2, 0.25) is 0 Å². The fourth-order valence-electron chi connectivity index (χ4n) is 1.93. The number of carbonyl (C=O) groups excluding carboxylic acids is 1. The molecule has 0 aliphatic heterocycles. The maximum atomic E-state index is 11.8. The van der Waals surface area contributed by atoms with Gasteiger partial charge in [-0.1, -0.05) is 6.07 Å². The van der Waals surface area contributed by atoms with E-state index in [9.17, 15) is 4.79 Å². The van der Waals surface area contributed by atoms with Crippen molar-refractivity contribution in [3.8, 4) is 5.88 Å². The Morgan fingerprint density at radius 2 is 2.19 bits per heavy atom. The number of nitrogens with zero attached hydrogens (tertiary/aromatic N) is 2. The zero-order chi connectivity index (χ0) is 15.7. The average Bonchev–Trinajstić information content (AvgIpc) is 2.51. The van der Waals surface area contributed by atoms with E-state index in [2.05, 4.69) is 9.98 Å². The first-order valence-electron chi connectivity index (χ1n) is 6.90. The molecule has 116 valence electrons. The maximum absolute atomic E-state index is 11.8. The van der Waals surface area contributed by atoms with Gasteiger partial charge in [-0.15, -0.1) is 11.8 Å². The minimum atomic E-state index is -0.226. The molecule has 0 spiro atoms. The highest BCUT2D eigenvalue weighted by Crippen LogP contribution is 2.27. The van der Waals surface area contributed by atoms with Crippen molar-refractivity contribution in [2.75, 3.05) is 26.5 Å². The molecule has 0 amide bonds. The molecule has 0 radical (unpaired) electrons. The van der Waals surface area contributed by atoms with Gasteiger partial charge >= 0.3 is 5.97 Å². The molecule has 0 aliphatic carbocycles. The molecule has 0 aromatic carbocycles. The predicted octanol–water partition coefficient (Wildman–Crippen LogP) is 2.91. The van der Waals surface area contributed by atoms with Crippen LogP contribution in [0.25, 0.3) is 0 Å². The molecule has 6 heteroatoms. The maximum Gasteiger partial charge on any atom is 0.306 e. The minimum absolute atomic E-state index is 0.127. The van der Waals surface area contributed by atoms with Crippen molar-refractivity contribution in [1.82, 2.24) is 4.98 Å². The van der Waals surface area contributed by atoms with E-state index in [0.29, 0.717) is 19.0 Å². The Bertz CT molecular complexity index is 474. The van der Waals surface area contributed by atoms with E-state index in [1.165, 1.54) is 0 Å². The third kappa shape index (κ3) is 5.38. The van der Waals surface area contributed by atoms with Gasteiger partial charge in [0.2, 0.25) is 5.88 Å². The lowest BCUT2D eigenvalue weighted by Crippen LogP contribution is -2.17. The molecule has 1 rings (SSSR count). The normalized spacial score (nSPS) is 12.9. The van der Waals surface area contributed by atoms with Crippen molar-refractivity contribution in [1.29, 1.82) is 0 Å². The number of pyridine rings is 1. The first kappa shape index (κ1) is 17.5. The zero-order valence-corrected chi connectivity index (χ0v) is 13.8. The molecular formula is C15H22N2O3S. The number of hydrogen-bond donors (Lipinski definition) is 0. The van der Waals surface area contributed by atoms with Crippen molar-refractivity contribution in [3.05, 3.63) is 23.9 Å². The lowest BCUT2D eigenvalue weighted by Gasteiger charge is -2.17. The Balaban J connectivity index is 3.04. The van der Waals surface area contributed by atoms with Crippen molar-refractivity contribution in [2.45, 2.75) is 26.2 Å². The number of aliphatic imine (C=N–C) groups is 1. The van der Waals surface area contributed by atoms with E-state index in [0.717, 1.165) is 10.6 Å². The van der Waals surface area contributed by atoms with E-state index in [1.807, 2.05) is 19.2 Å². The smallest absolute Gasteiger partial charge is 0.306 e. The summed E-state index contributed by atoms with van der Waals surface area (Å²) < 4.78 is 10.1. The standard InChI is InChI=1S/C15H22N2O3S/c1-5-16-15(21-4)12(9-14(18)20-6-2)11-7-8-13(19-3)17-10-11/h7-8,10,12H,5-6,9H2,1-4H3/b16-15-. The highest BCUT2D eigenvalue weighted by atomic mass is 32.2. The second-order valence-electron chi connectivity index (χ2n) is 4.21. The Morgan fingerprint density at radius 1 is 1.43 bits per heavy atom. The minimum Gasteiger partial charge on any atom is -0.481 e. The Kier molecular flexibility index (Phi) is 7.82. The third-order valence-corrected chi connectivity index (χ3v) is 3.70. The summed E-state index contributed by atoms with van der Waals surface area (Å²) in [7, 11) is 1.57. The molecule has 1 heterocycles.